The van der Waals surface area contributed by atoms with E-state index in [9.17, 15) is 9.59 Å². The average Bonchev–Trinajstić information content (AvgIpc) is 3.12. The minimum Gasteiger partial charge on any atom is -0.460 e. The van der Waals surface area contributed by atoms with Gasteiger partial charge in [-0.05, 0) is 19.1 Å². The molecule has 1 amide bonds. The first-order valence-electron chi connectivity index (χ1n) is 9.47. The van der Waals surface area contributed by atoms with E-state index in [2.05, 4.69) is 15.6 Å². The highest BCUT2D eigenvalue weighted by Crippen LogP contribution is 2.24. The van der Waals surface area contributed by atoms with Crippen LogP contribution < -0.4 is 11.0 Å². The van der Waals surface area contributed by atoms with Crippen LogP contribution in [0.2, 0.25) is 0 Å². The van der Waals surface area contributed by atoms with Crippen LogP contribution in [0.25, 0.3) is 21.7 Å². The van der Waals surface area contributed by atoms with E-state index < -0.39 is 5.91 Å². The first-order chi connectivity index (χ1) is 14.1. The molecule has 7 nitrogen and oxygen atoms in total. The van der Waals surface area contributed by atoms with Crippen molar-refractivity contribution in [2.24, 2.45) is 5.10 Å². The highest BCUT2D eigenvalue weighted by Gasteiger charge is 2.16. The third kappa shape index (κ3) is 3.31. The lowest BCUT2D eigenvalue weighted by Crippen LogP contribution is -2.28. The van der Waals surface area contributed by atoms with Gasteiger partial charge in [-0.2, -0.15) is 10.2 Å². The molecular weight excluding hydrogens is 368 g/mol. The smallest absolute Gasteiger partial charge is 0.292 e. The summed E-state index contributed by atoms with van der Waals surface area (Å²) in [5, 5.41) is 10.2. The van der Waals surface area contributed by atoms with Gasteiger partial charge in [-0.25, -0.2) is 10.1 Å². The van der Waals surface area contributed by atoms with Crippen LogP contribution in [-0.2, 0) is 13.0 Å². The number of nitrogens with one attached hydrogen (secondary N) is 1. The number of aryl methyl sites for hydroxylation is 2. The standard InChI is InChI=1S/C22H20N4O3/c1-3-18-17(14-9-7-8-12-19(14)29-18)13-23-24-21(27)20-15-10-5-6-11-16(15)22(28)26(4-2)25-20/h5-13H,3-4H2,1-2H3,(H,24,27)/b23-13-. The van der Waals surface area contributed by atoms with E-state index in [0.717, 1.165) is 22.3 Å². The molecule has 0 unspecified atom stereocenters. The number of hydrogen-bond acceptors (Lipinski definition) is 5. The summed E-state index contributed by atoms with van der Waals surface area (Å²) in [6.45, 7) is 4.17. The molecule has 0 bridgehead atoms. The Morgan fingerprint density at radius 2 is 1.79 bits per heavy atom. The highest BCUT2D eigenvalue weighted by atomic mass is 16.3. The molecule has 29 heavy (non-hydrogen) atoms. The fourth-order valence-corrected chi connectivity index (χ4v) is 3.35. The lowest BCUT2D eigenvalue weighted by atomic mass is 10.1. The molecule has 0 saturated heterocycles. The Labute approximate surface area is 166 Å². The summed E-state index contributed by atoms with van der Waals surface area (Å²) in [7, 11) is 0. The summed E-state index contributed by atoms with van der Waals surface area (Å²) in [6.07, 6.45) is 2.29. The van der Waals surface area contributed by atoms with E-state index >= 15 is 0 Å². The number of carbonyl (C=O) groups excluding carboxylic acids is 1. The zero-order valence-corrected chi connectivity index (χ0v) is 16.2. The van der Waals surface area contributed by atoms with Crippen molar-refractivity contribution in [2.75, 3.05) is 0 Å². The van der Waals surface area contributed by atoms with Crippen LogP contribution in [0.15, 0.2) is 62.8 Å². The monoisotopic (exact) mass is 388 g/mol. The molecule has 0 saturated carbocycles. The van der Waals surface area contributed by atoms with E-state index in [4.69, 9.17) is 4.42 Å². The summed E-state index contributed by atoms with van der Waals surface area (Å²) in [5.74, 6) is 0.317. The Morgan fingerprint density at radius 1 is 1.10 bits per heavy atom. The molecule has 2 heterocycles. The quantitative estimate of drug-likeness (QED) is 0.419. The molecule has 4 rings (SSSR count). The molecular formula is C22H20N4O3. The van der Waals surface area contributed by atoms with E-state index in [0.29, 0.717) is 23.7 Å². The normalized spacial score (nSPS) is 11.5. The van der Waals surface area contributed by atoms with Crippen LogP contribution in [0.5, 0.6) is 0 Å². The number of benzene rings is 2. The Bertz CT molecular complexity index is 1300. The van der Waals surface area contributed by atoms with Crippen molar-refractivity contribution in [3.8, 4) is 0 Å². The van der Waals surface area contributed by atoms with Gasteiger partial charge in [0.05, 0.1) is 11.6 Å². The summed E-state index contributed by atoms with van der Waals surface area (Å²) >= 11 is 0. The number of fused-ring (bicyclic) bond motifs is 2. The number of rotatable bonds is 5. The third-order valence-corrected chi connectivity index (χ3v) is 4.77. The van der Waals surface area contributed by atoms with E-state index in [1.54, 1.807) is 37.4 Å². The van der Waals surface area contributed by atoms with Gasteiger partial charge in [-0.3, -0.25) is 9.59 Å². The Balaban J connectivity index is 1.68. The van der Waals surface area contributed by atoms with Gasteiger partial charge in [0.1, 0.15) is 11.3 Å². The Morgan fingerprint density at radius 3 is 2.52 bits per heavy atom. The van der Waals surface area contributed by atoms with E-state index in [-0.39, 0.29) is 11.3 Å². The topological polar surface area (TPSA) is 89.5 Å². The molecule has 0 aliphatic heterocycles. The van der Waals surface area contributed by atoms with Gasteiger partial charge in [0, 0.05) is 29.3 Å². The lowest BCUT2D eigenvalue weighted by molar-refractivity contribution is 0.0949. The molecule has 7 heteroatoms. The SMILES string of the molecule is CCc1oc2ccccc2c1/C=N\NC(=O)c1nn(CC)c(=O)c2ccccc12. The molecule has 146 valence electrons. The number of carbonyl (C=O) groups is 1. The van der Waals surface area contributed by atoms with E-state index in [1.165, 1.54) is 4.68 Å². The number of amides is 1. The summed E-state index contributed by atoms with van der Waals surface area (Å²) in [5.41, 5.74) is 4.08. The summed E-state index contributed by atoms with van der Waals surface area (Å²) < 4.78 is 7.11. The maximum Gasteiger partial charge on any atom is 0.292 e. The number of hydrazone groups is 1. The molecule has 0 spiro atoms. The van der Waals surface area contributed by atoms with Crippen molar-refractivity contribution >= 4 is 33.9 Å². The lowest BCUT2D eigenvalue weighted by Gasteiger charge is -2.08. The number of aromatic nitrogens is 2. The van der Waals surface area contributed by atoms with Crippen molar-refractivity contribution < 1.29 is 9.21 Å². The van der Waals surface area contributed by atoms with Gasteiger partial charge in [-0.15, -0.1) is 0 Å². The third-order valence-electron chi connectivity index (χ3n) is 4.77. The number of furan rings is 1. The van der Waals surface area contributed by atoms with Gasteiger partial charge in [0.25, 0.3) is 11.5 Å². The maximum absolute atomic E-state index is 12.8. The molecule has 0 atom stereocenters. The van der Waals surface area contributed by atoms with Gasteiger partial charge < -0.3 is 4.42 Å². The van der Waals surface area contributed by atoms with Crippen molar-refractivity contribution in [1.29, 1.82) is 0 Å². The van der Waals surface area contributed by atoms with Gasteiger partial charge in [0.15, 0.2) is 5.69 Å². The van der Waals surface area contributed by atoms with Crippen LogP contribution in [-0.4, -0.2) is 21.9 Å². The first kappa shape index (κ1) is 18.6. The molecule has 0 fully saturated rings. The molecule has 1 N–H and O–H groups in total. The zero-order valence-electron chi connectivity index (χ0n) is 16.2. The molecule has 2 aromatic heterocycles. The molecule has 2 aromatic carbocycles. The van der Waals surface area contributed by atoms with Crippen LogP contribution >= 0.6 is 0 Å². The molecule has 0 aliphatic carbocycles. The first-order valence-corrected chi connectivity index (χ1v) is 9.47. The fraction of sp³-hybridized carbons (Fsp3) is 0.182. The van der Waals surface area contributed by atoms with Gasteiger partial charge in [-0.1, -0.05) is 43.3 Å². The highest BCUT2D eigenvalue weighted by molar-refractivity contribution is 6.05. The van der Waals surface area contributed by atoms with Crippen molar-refractivity contribution in [2.45, 2.75) is 26.8 Å². The number of nitrogens with zero attached hydrogens (tertiary/aromatic N) is 3. The second-order valence-corrected chi connectivity index (χ2v) is 6.50. The van der Waals surface area contributed by atoms with Crippen LogP contribution in [0.4, 0.5) is 0 Å². The largest absolute Gasteiger partial charge is 0.460 e. The fourth-order valence-electron chi connectivity index (χ4n) is 3.35. The van der Waals surface area contributed by atoms with Crippen molar-refractivity contribution in [1.82, 2.24) is 15.2 Å². The average molecular weight is 388 g/mol. The molecule has 0 aliphatic rings. The molecule has 0 radical (unpaired) electrons. The Hall–Kier alpha value is -3.74. The van der Waals surface area contributed by atoms with E-state index in [1.807, 2.05) is 31.2 Å². The minimum atomic E-state index is -0.481. The van der Waals surface area contributed by atoms with Crippen LogP contribution in [0.3, 0.4) is 0 Å². The van der Waals surface area contributed by atoms with Crippen molar-refractivity contribution in [3.05, 3.63) is 75.9 Å². The van der Waals surface area contributed by atoms with Crippen molar-refractivity contribution in [3.63, 3.8) is 0 Å². The summed E-state index contributed by atoms with van der Waals surface area (Å²) in [4.78, 5) is 25.2. The Kier molecular flexibility index (Phi) is 4.95. The molecule has 4 aromatic rings. The maximum atomic E-state index is 12.8. The van der Waals surface area contributed by atoms with Crippen LogP contribution in [0.1, 0.15) is 35.7 Å². The van der Waals surface area contributed by atoms with Gasteiger partial charge in [0.2, 0.25) is 0 Å². The predicted octanol–water partition coefficient (Wildman–Crippen LogP) is 3.49. The second-order valence-electron chi connectivity index (χ2n) is 6.50. The number of para-hydroxylation sites is 1. The zero-order chi connectivity index (χ0) is 20.4. The number of hydrogen-bond donors (Lipinski definition) is 1. The van der Waals surface area contributed by atoms with Crippen LogP contribution in [0, 0.1) is 0 Å². The summed E-state index contributed by atoms with van der Waals surface area (Å²) in [6, 6.07) is 14.6. The predicted molar refractivity (Wildman–Crippen MR) is 112 cm³/mol. The van der Waals surface area contributed by atoms with Gasteiger partial charge >= 0.3 is 0 Å². The minimum absolute atomic E-state index is 0.159. The second kappa shape index (κ2) is 7.71.